The van der Waals surface area contributed by atoms with E-state index in [1.165, 1.54) is 44.6 Å². The summed E-state index contributed by atoms with van der Waals surface area (Å²) in [5.74, 6) is 0. The maximum atomic E-state index is 6.91. The molecule has 0 saturated heterocycles. The summed E-state index contributed by atoms with van der Waals surface area (Å²) in [6, 6.07) is 1.34. The normalized spacial score (nSPS) is 14.5. The molecule has 0 amide bonds. The van der Waals surface area contributed by atoms with Crippen LogP contribution < -0.4 is 0 Å². The van der Waals surface area contributed by atoms with E-state index in [2.05, 4.69) is 80.4 Å². The quantitative estimate of drug-likeness (QED) is 0.186. The fraction of sp³-hybridized carbons (Fsp3) is 0.920. The molecule has 0 aromatic heterocycles. The Hall–Kier alpha value is 0.932. The van der Waals surface area contributed by atoms with Crippen LogP contribution >= 0.6 is 0 Å². The molecule has 1 nitrogen and oxygen atoms in total. The number of unbranched alkanes of at least 4 members (excludes halogenated alkanes) is 3. The first-order valence-electron chi connectivity index (χ1n) is 12.6. The summed E-state index contributed by atoms with van der Waals surface area (Å²) in [4.78, 5) is 0. The molecule has 0 unspecified atom stereocenters. The van der Waals surface area contributed by atoms with Gasteiger partial charge in [0.05, 0.1) is 0 Å². The summed E-state index contributed by atoms with van der Waals surface area (Å²) in [7, 11) is -2.80. The summed E-state index contributed by atoms with van der Waals surface area (Å²) in [5.41, 5.74) is 0. The molecule has 0 fully saturated rings. The summed E-state index contributed by atoms with van der Waals surface area (Å²) in [6.45, 7) is 27.7. The van der Waals surface area contributed by atoms with Gasteiger partial charge in [-0.2, -0.15) is 0 Å². The van der Waals surface area contributed by atoms with Crippen LogP contribution in [0, 0.1) is 0 Å². The molecule has 174 valence electrons. The zero-order chi connectivity index (χ0) is 22.8. The van der Waals surface area contributed by atoms with E-state index in [0.717, 1.165) is 6.61 Å². The van der Waals surface area contributed by atoms with Gasteiger partial charge in [0.25, 0.3) is 0 Å². The molecule has 0 aromatic carbocycles. The fourth-order valence-electron chi connectivity index (χ4n) is 3.73. The Bertz CT molecular complexity index is 450. The van der Waals surface area contributed by atoms with Gasteiger partial charge in [-0.25, -0.2) is 0 Å². The summed E-state index contributed by atoms with van der Waals surface area (Å²) >= 11 is -2.40. The van der Waals surface area contributed by atoms with E-state index in [4.69, 9.17) is 4.43 Å². The van der Waals surface area contributed by atoms with Gasteiger partial charge in [-0.3, -0.25) is 0 Å². The van der Waals surface area contributed by atoms with Crippen molar-refractivity contribution in [2.75, 3.05) is 6.61 Å². The van der Waals surface area contributed by atoms with E-state index >= 15 is 0 Å². The predicted octanol–water partition coefficient (Wildman–Crippen LogP) is 9.66. The molecule has 0 heterocycles. The van der Waals surface area contributed by atoms with E-state index in [0.29, 0.717) is 5.04 Å². The van der Waals surface area contributed by atoms with Crippen molar-refractivity contribution in [1.82, 2.24) is 0 Å². The average molecular weight is 548 g/mol. The Morgan fingerprint density at radius 1 is 0.793 bits per heavy atom. The second kappa shape index (κ2) is 13.5. The van der Waals surface area contributed by atoms with E-state index in [9.17, 15) is 0 Å². The molecular formula is C25H56OSi2Sn. The third kappa shape index (κ3) is 11.4. The molecule has 0 atom stereocenters. The van der Waals surface area contributed by atoms with Crippen LogP contribution in [0.3, 0.4) is 0 Å². The van der Waals surface area contributed by atoms with Crippen LogP contribution in [0.5, 0.6) is 0 Å². The van der Waals surface area contributed by atoms with Crippen molar-refractivity contribution in [2.24, 2.45) is 0 Å². The summed E-state index contributed by atoms with van der Waals surface area (Å²) < 4.78 is 13.5. The molecule has 29 heavy (non-hydrogen) atoms. The van der Waals surface area contributed by atoms with Crippen molar-refractivity contribution in [1.29, 1.82) is 0 Å². The molecule has 0 saturated carbocycles. The Labute approximate surface area is 191 Å². The van der Waals surface area contributed by atoms with Crippen molar-refractivity contribution in [3.05, 3.63) is 9.67 Å². The van der Waals surface area contributed by atoms with Crippen molar-refractivity contribution < 1.29 is 4.43 Å². The molecule has 0 aromatic rings. The molecule has 0 aliphatic heterocycles. The Morgan fingerprint density at radius 3 is 1.52 bits per heavy atom. The molecular weight excluding hydrogens is 491 g/mol. The standard InChI is InChI=1S/C13H29OSi2.3C4H9.Sn/c1-13(2,3)16(7,8)14-11-9-10-12-15(4,5)6;3*1-3-4-2;/h10H,11-12H2,1-8H3;3*1,3-4H2,2H3;. The van der Waals surface area contributed by atoms with Gasteiger partial charge in [-0.1, -0.05) is 0 Å². The number of rotatable bonds is 15. The third-order valence-electron chi connectivity index (χ3n) is 7.06. The minimum atomic E-state index is -2.40. The fourth-order valence-corrected chi connectivity index (χ4v) is 22.9. The topological polar surface area (TPSA) is 9.23 Å². The third-order valence-corrected chi connectivity index (χ3v) is 29.1. The zero-order valence-corrected chi connectivity index (χ0v) is 27.1. The SMILES string of the molecule is CCC[CH2][Sn]([CH2]CCC)([CH2]CCC)/[C](=C\C[Si](C)(C)C)CO[Si](C)(C)C(C)(C)C. The van der Waals surface area contributed by atoms with Crippen LogP contribution in [0.2, 0.25) is 57.1 Å². The molecule has 0 bridgehead atoms. The second-order valence-electron chi connectivity index (χ2n) is 12.1. The monoisotopic (exact) mass is 548 g/mol. The first-order valence-corrected chi connectivity index (χ1v) is 26.7. The van der Waals surface area contributed by atoms with Crippen LogP contribution in [0.25, 0.3) is 0 Å². The predicted molar refractivity (Wildman–Crippen MR) is 144 cm³/mol. The number of hydrogen-bond acceptors (Lipinski definition) is 1. The van der Waals surface area contributed by atoms with Gasteiger partial charge in [0, 0.05) is 0 Å². The molecule has 0 radical (unpaired) electrons. The van der Waals surface area contributed by atoms with Crippen LogP contribution in [0.15, 0.2) is 9.67 Å². The van der Waals surface area contributed by atoms with Gasteiger partial charge in [-0.15, -0.1) is 0 Å². The maximum absolute atomic E-state index is 6.91. The minimum absolute atomic E-state index is 0.297. The van der Waals surface area contributed by atoms with Gasteiger partial charge >= 0.3 is 193 Å². The summed E-state index contributed by atoms with van der Waals surface area (Å²) in [6.07, 6.45) is 11.1. The van der Waals surface area contributed by atoms with Crippen molar-refractivity contribution in [3.8, 4) is 0 Å². The van der Waals surface area contributed by atoms with Crippen LogP contribution in [-0.2, 0) is 4.43 Å². The molecule has 0 aliphatic carbocycles. The molecule has 0 rings (SSSR count). The van der Waals surface area contributed by atoms with E-state index in [1.807, 2.05) is 3.59 Å². The Kier molecular flexibility index (Phi) is 13.9. The Balaban J connectivity index is 6.02. The molecule has 0 aliphatic rings. The van der Waals surface area contributed by atoms with Crippen molar-refractivity contribution >= 4 is 34.8 Å². The summed E-state index contributed by atoms with van der Waals surface area (Å²) in [5, 5.41) is 0.297. The van der Waals surface area contributed by atoms with Gasteiger partial charge < -0.3 is 0 Å². The van der Waals surface area contributed by atoms with Gasteiger partial charge in [0.15, 0.2) is 0 Å². The zero-order valence-electron chi connectivity index (χ0n) is 22.3. The first-order chi connectivity index (χ1) is 13.2. The number of allylic oxidation sites excluding steroid dienone is 1. The Morgan fingerprint density at radius 2 is 1.21 bits per heavy atom. The van der Waals surface area contributed by atoms with E-state index < -0.39 is 34.8 Å². The first kappa shape index (κ1) is 29.9. The van der Waals surface area contributed by atoms with E-state index in [1.54, 1.807) is 13.3 Å². The molecule has 4 heteroatoms. The van der Waals surface area contributed by atoms with Gasteiger partial charge in [0.1, 0.15) is 0 Å². The van der Waals surface area contributed by atoms with Crippen molar-refractivity contribution in [3.63, 3.8) is 0 Å². The van der Waals surface area contributed by atoms with Gasteiger partial charge in [-0.05, 0) is 0 Å². The number of hydrogen-bond donors (Lipinski definition) is 0. The van der Waals surface area contributed by atoms with Crippen molar-refractivity contribution in [2.45, 2.75) is 137 Å². The van der Waals surface area contributed by atoms with Crippen LogP contribution in [0.1, 0.15) is 80.1 Å². The second-order valence-corrected chi connectivity index (χ2v) is 35.9. The average Bonchev–Trinajstić information content (AvgIpc) is 2.60. The van der Waals surface area contributed by atoms with Crippen LogP contribution in [-0.4, -0.2) is 41.4 Å². The van der Waals surface area contributed by atoms with Gasteiger partial charge in [0.2, 0.25) is 0 Å². The molecule has 0 spiro atoms. The molecule has 0 N–H and O–H groups in total. The van der Waals surface area contributed by atoms with E-state index in [-0.39, 0.29) is 0 Å². The van der Waals surface area contributed by atoms with Crippen LogP contribution in [0.4, 0.5) is 0 Å².